The Morgan fingerprint density at radius 2 is 2.05 bits per heavy atom. The maximum Gasteiger partial charge on any atom is 0.128 e. The molecule has 21 heavy (non-hydrogen) atoms. The molecule has 118 valence electrons. The zero-order valence-electron chi connectivity index (χ0n) is 13.9. The third-order valence-electron chi connectivity index (χ3n) is 5.23. The van der Waals surface area contributed by atoms with E-state index in [9.17, 15) is 0 Å². The second-order valence-corrected chi connectivity index (χ2v) is 6.41. The molecule has 2 unspecified atom stereocenters. The van der Waals surface area contributed by atoms with E-state index in [0.717, 1.165) is 12.0 Å². The van der Waals surface area contributed by atoms with Gasteiger partial charge in [-0.15, -0.1) is 0 Å². The standard InChI is InChI=1S/C17H30N4/c1-5-17(3,21-11-7-6-8-12-21)15(19-4)14-13(2)9-10-20-16(14)18/h9-10,15,19H,5-8,11-12H2,1-4H3,(H2,18,20). The molecule has 1 saturated heterocycles. The van der Waals surface area contributed by atoms with Crippen LogP contribution in [-0.2, 0) is 0 Å². The third kappa shape index (κ3) is 3.06. The van der Waals surface area contributed by atoms with Crippen LogP contribution in [0.5, 0.6) is 0 Å². The van der Waals surface area contributed by atoms with Gasteiger partial charge in [-0.3, -0.25) is 4.90 Å². The van der Waals surface area contributed by atoms with E-state index < -0.39 is 0 Å². The molecule has 4 heteroatoms. The highest BCUT2D eigenvalue weighted by molar-refractivity contribution is 5.47. The van der Waals surface area contributed by atoms with Crippen molar-refractivity contribution in [1.29, 1.82) is 0 Å². The van der Waals surface area contributed by atoms with Crippen molar-refractivity contribution < 1.29 is 0 Å². The SMILES string of the molecule is CCC(C)(C(NC)c1c(C)ccnc1N)N1CCCCC1. The van der Waals surface area contributed by atoms with Gasteiger partial charge in [-0.1, -0.05) is 13.3 Å². The Labute approximate surface area is 129 Å². The molecule has 0 amide bonds. The lowest BCUT2D eigenvalue weighted by molar-refractivity contribution is 0.0447. The monoisotopic (exact) mass is 290 g/mol. The molecule has 2 heterocycles. The second kappa shape index (κ2) is 6.75. The minimum absolute atomic E-state index is 0.0666. The van der Waals surface area contributed by atoms with E-state index in [2.05, 4.69) is 42.0 Å². The first-order valence-corrected chi connectivity index (χ1v) is 8.18. The lowest BCUT2D eigenvalue weighted by atomic mass is 9.80. The number of anilines is 1. The highest BCUT2D eigenvalue weighted by Crippen LogP contribution is 2.38. The summed E-state index contributed by atoms with van der Waals surface area (Å²) in [5.41, 5.74) is 8.66. The topological polar surface area (TPSA) is 54.2 Å². The molecule has 0 radical (unpaired) electrons. The summed E-state index contributed by atoms with van der Waals surface area (Å²) in [7, 11) is 2.04. The molecule has 1 fully saturated rings. The Bertz CT molecular complexity index is 448. The van der Waals surface area contributed by atoms with Gasteiger partial charge in [-0.2, -0.15) is 0 Å². The van der Waals surface area contributed by atoms with Crippen molar-refractivity contribution in [1.82, 2.24) is 15.2 Å². The van der Waals surface area contributed by atoms with Crippen molar-refractivity contribution in [2.45, 2.75) is 58.0 Å². The summed E-state index contributed by atoms with van der Waals surface area (Å²) in [5.74, 6) is 0.658. The third-order valence-corrected chi connectivity index (χ3v) is 5.23. The van der Waals surface area contributed by atoms with Gasteiger partial charge in [0.25, 0.3) is 0 Å². The van der Waals surface area contributed by atoms with E-state index in [1.807, 2.05) is 7.05 Å². The molecular weight excluding hydrogens is 260 g/mol. The van der Waals surface area contributed by atoms with Crippen molar-refractivity contribution in [3.05, 3.63) is 23.4 Å². The van der Waals surface area contributed by atoms with Crippen LogP contribution in [0.3, 0.4) is 0 Å². The van der Waals surface area contributed by atoms with Crippen molar-refractivity contribution in [2.75, 3.05) is 25.9 Å². The van der Waals surface area contributed by atoms with E-state index in [1.54, 1.807) is 6.20 Å². The van der Waals surface area contributed by atoms with E-state index in [1.165, 1.54) is 37.9 Å². The number of rotatable bonds is 5. The smallest absolute Gasteiger partial charge is 0.128 e. The number of piperidine rings is 1. The van der Waals surface area contributed by atoms with Gasteiger partial charge in [0.2, 0.25) is 0 Å². The minimum Gasteiger partial charge on any atom is -0.383 e. The van der Waals surface area contributed by atoms with Crippen LogP contribution in [0.25, 0.3) is 0 Å². The van der Waals surface area contributed by atoms with Gasteiger partial charge in [0.1, 0.15) is 5.82 Å². The first-order valence-electron chi connectivity index (χ1n) is 8.18. The number of nitrogen functional groups attached to an aromatic ring is 1. The Morgan fingerprint density at radius 1 is 1.38 bits per heavy atom. The van der Waals surface area contributed by atoms with Crippen LogP contribution < -0.4 is 11.1 Å². The number of nitrogens with one attached hydrogen (secondary N) is 1. The van der Waals surface area contributed by atoms with E-state index in [-0.39, 0.29) is 11.6 Å². The number of aromatic nitrogens is 1. The van der Waals surface area contributed by atoms with Crippen LogP contribution in [-0.4, -0.2) is 35.6 Å². The highest BCUT2D eigenvalue weighted by Gasteiger charge is 2.40. The number of hydrogen-bond donors (Lipinski definition) is 2. The van der Waals surface area contributed by atoms with Gasteiger partial charge >= 0.3 is 0 Å². The van der Waals surface area contributed by atoms with Gasteiger partial charge in [0.05, 0.1) is 6.04 Å². The summed E-state index contributed by atoms with van der Waals surface area (Å²) in [6.45, 7) is 9.14. The minimum atomic E-state index is 0.0666. The van der Waals surface area contributed by atoms with Crippen LogP contribution in [0.15, 0.2) is 12.3 Å². The molecule has 1 aliphatic rings. The maximum atomic E-state index is 6.21. The lowest BCUT2D eigenvalue weighted by Crippen LogP contribution is -2.55. The number of likely N-dealkylation sites (tertiary alicyclic amines) is 1. The fraction of sp³-hybridized carbons (Fsp3) is 0.706. The zero-order chi connectivity index (χ0) is 15.5. The molecule has 1 aliphatic heterocycles. The molecule has 0 bridgehead atoms. The van der Waals surface area contributed by atoms with E-state index in [4.69, 9.17) is 5.73 Å². The predicted octanol–water partition coefficient (Wildman–Crippen LogP) is 2.89. The second-order valence-electron chi connectivity index (χ2n) is 6.41. The van der Waals surface area contributed by atoms with E-state index in [0.29, 0.717) is 5.82 Å². The normalized spacial score (nSPS) is 21.0. The molecule has 0 spiro atoms. The number of aryl methyl sites for hydroxylation is 1. The molecule has 4 nitrogen and oxygen atoms in total. The van der Waals surface area contributed by atoms with Gasteiger partial charge in [-0.05, 0) is 64.9 Å². The number of nitrogens with two attached hydrogens (primary N) is 1. The predicted molar refractivity (Wildman–Crippen MR) is 89.3 cm³/mol. The number of likely N-dealkylation sites (N-methyl/N-ethyl adjacent to an activating group) is 1. The molecule has 0 aliphatic carbocycles. The van der Waals surface area contributed by atoms with Gasteiger partial charge in [0.15, 0.2) is 0 Å². The molecule has 1 aromatic rings. The quantitative estimate of drug-likeness (QED) is 0.875. The van der Waals surface area contributed by atoms with Gasteiger partial charge in [0, 0.05) is 17.3 Å². The summed E-state index contributed by atoms with van der Waals surface area (Å²) in [5, 5.41) is 3.53. The van der Waals surface area contributed by atoms with Gasteiger partial charge in [-0.25, -0.2) is 4.98 Å². The molecule has 0 aromatic carbocycles. The largest absolute Gasteiger partial charge is 0.383 e. The van der Waals surface area contributed by atoms with Crippen molar-refractivity contribution in [3.8, 4) is 0 Å². The molecular formula is C17H30N4. The molecule has 0 saturated carbocycles. The Balaban J connectivity index is 2.41. The number of hydrogen-bond acceptors (Lipinski definition) is 4. The Hall–Kier alpha value is -1.13. The molecule has 3 N–H and O–H groups in total. The number of nitrogens with zero attached hydrogens (tertiary/aromatic N) is 2. The molecule has 2 rings (SSSR count). The van der Waals surface area contributed by atoms with E-state index >= 15 is 0 Å². The summed E-state index contributed by atoms with van der Waals surface area (Å²) >= 11 is 0. The van der Waals surface area contributed by atoms with Gasteiger partial charge < -0.3 is 11.1 Å². The Kier molecular flexibility index (Phi) is 5.22. The highest BCUT2D eigenvalue weighted by atomic mass is 15.2. The van der Waals surface area contributed by atoms with Crippen molar-refractivity contribution in [2.24, 2.45) is 0 Å². The van der Waals surface area contributed by atoms with Crippen molar-refractivity contribution in [3.63, 3.8) is 0 Å². The van der Waals surface area contributed by atoms with Crippen molar-refractivity contribution >= 4 is 5.82 Å². The summed E-state index contributed by atoms with van der Waals surface area (Å²) in [6.07, 6.45) is 6.84. The van der Waals surface area contributed by atoms with Crippen LogP contribution in [0.4, 0.5) is 5.82 Å². The van der Waals surface area contributed by atoms with Crippen LogP contribution >= 0.6 is 0 Å². The van der Waals surface area contributed by atoms with Crippen LogP contribution in [0.2, 0.25) is 0 Å². The maximum absolute atomic E-state index is 6.21. The first kappa shape index (κ1) is 16.2. The Morgan fingerprint density at radius 3 is 2.57 bits per heavy atom. The summed E-state index contributed by atoms with van der Waals surface area (Å²) < 4.78 is 0. The summed E-state index contributed by atoms with van der Waals surface area (Å²) in [4.78, 5) is 6.96. The lowest BCUT2D eigenvalue weighted by Gasteiger charge is -2.48. The zero-order valence-corrected chi connectivity index (χ0v) is 13.9. The fourth-order valence-corrected chi connectivity index (χ4v) is 3.75. The first-order chi connectivity index (χ1) is 10.0. The molecule has 1 aromatic heterocycles. The van der Waals surface area contributed by atoms with Crippen LogP contribution in [0.1, 0.15) is 56.7 Å². The number of pyridine rings is 1. The average Bonchev–Trinajstić information content (AvgIpc) is 2.51. The fourth-order valence-electron chi connectivity index (χ4n) is 3.75. The average molecular weight is 290 g/mol. The molecule has 2 atom stereocenters. The van der Waals surface area contributed by atoms with Crippen LogP contribution in [0, 0.1) is 6.92 Å². The summed E-state index contributed by atoms with van der Waals surface area (Å²) in [6, 6.07) is 2.26.